The van der Waals surface area contributed by atoms with Gasteiger partial charge in [0.05, 0.1) is 0 Å². The second kappa shape index (κ2) is 4.51. The molecule has 0 bridgehead atoms. The van der Waals surface area contributed by atoms with E-state index in [1.807, 2.05) is 6.07 Å². The number of carbonyl (C=O) groups is 1. The number of hydrogen-bond donors (Lipinski definition) is 2. The maximum absolute atomic E-state index is 10.7. The smallest absolute Gasteiger partial charge is 0.325 e. The van der Waals surface area contributed by atoms with E-state index in [9.17, 15) is 4.79 Å². The fourth-order valence-electron chi connectivity index (χ4n) is 1.24. The fraction of sp³-hybridized carbons (Fsp3) is 0.500. The molecule has 4 nitrogen and oxygen atoms in total. The normalized spacial score (nSPS) is 13.2. The van der Waals surface area contributed by atoms with Crippen LogP contribution in [0.5, 0.6) is 0 Å². The molecule has 0 radical (unpaired) electrons. The van der Waals surface area contributed by atoms with Gasteiger partial charge in [0.15, 0.2) is 0 Å². The topological polar surface area (TPSA) is 62.2 Å². The van der Waals surface area contributed by atoms with Crippen molar-refractivity contribution in [3.63, 3.8) is 0 Å². The number of rotatable bonds is 3. The Bertz CT molecular complexity index is 383. The molecule has 1 atom stereocenters. The van der Waals surface area contributed by atoms with Gasteiger partial charge in [0.25, 0.3) is 0 Å². The Morgan fingerprint density at radius 2 is 2.12 bits per heavy atom. The minimum absolute atomic E-state index is 0.0375. The quantitative estimate of drug-likeness (QED) is 0.823. The first-order valence-corrected chi connectivity index (χ1v) is 5.26. The fourth-order valence-corrected chi connectivity index (χ4v) is 1.24. The van der Waals surface area contributed by atoms with Crippen molar-refractivity contribution in [1.29, 1.82) is 0 Å². The van der Waals surface area contributed by atoms with Crippen LogP contribution in [0.1, 0.15) is 33.4 Å². The summed E-state index contributed by atoms with van der Waals surface area (Å²) in [5.41, 5.74) is 1.69. The van der Waals surface area contributed by atoms with Gasteiger partial charge in [0.1, 0.15) is 6.04 Å². The van der Waals surface area contributed by atoms with E-state index in [-0.39, 0.29) is 5.41 Å². The molecule has 0 aliphatic heterocycles. The largest absolute Gasteiger partial charge is 0.480 e. The van der Waals surface area contributed by atoms with Crippen LogP contribution in [-0.4, -0.2) is 22.1 Å². The van der Waals surface area contributed by atoms with E-state index in [0.717, 1.165) is 11.4 Å². The zero-order valence-electron chi connectivity index (χ0n) is 10.1. The first-order chi connectivity index (χ1) is 7.30. The summed E-state index contributed by atoms with van der Waals surface area (Å²) in [6.07, 6.45) is 1.69. The monoisotopic (exact) mass is 222 g/mol. The molecule has 0 aliphatic rings. The second-order valence-corrected chi connectivity index (χ2v) is 4.88. The van der Waals surface area contributed by atoms with Crippen LogP contribution < -0.4 is 5.32 Å². The van der Waals surface area contributed by atoms with Gasteiger partial charge in [0.2, 0.25) is 0 Å². The molecular formula is C12H18N2O2. The van der Waals surface area contributed by atoms with Gasteiger partial charge < -0.3 is 10.4 Å². The summed E-state index contributed by atoms with van der Waals surface area (Å²) in [4.78, 5) is 15.0. The molecule has 88 valence electrons. The summed E-state index contributed by atoms with van der Waals surface area (Å²) >= 11 is 0. The van der Waals surface area contributed by atoms with Gasteiger partial charge >= 0.3 is 5.97 Å². The predicted molar refractivity (Wildman–Crippen MR) is 63.7 cm³/mol. The first-order valence-electron chi connectivity index (χ1n) is 5.26. The SMILES string of the molecule is CC(Nc1ccnc(C(C)(C)C)c1)C(=O)O. The lowest BCUT2D eigenvalue weighted by molar-refractivity contribution is -0.137. The Morgan fingerprint density at radius 1 is 1.50 bits per heavy atom. The van der Waals surface area contributed by atoms with Gasteiger partial charge in [-0.15, -0.1) is 0 Å². The summed E-state index contributed by atoms with van der Waals surface area (Å²) in [6, 6.07) is 3.06. The highest BCUT2D eigenvalue weighted by Crippen LogP contribution is 2.22. The van der Waals surface area contributed by atoms with E-state index in [1.165, 1.54) is 0 Å². The van der Waals surface area contributed by atoms with Gasteiger partial charge in [-0.25, -0.2) is 0 Å². The van der Waals surface area contributed by atoms with Crippen LogP contribution >= 0.6 is 0 Å². The third-order valence-corrected chi connectivity index (χ3v) is 2.28. The summed E-state index contributed by atoms with van der Waals surface area (Å²) in [6.45, 7) is 7.82. The predicted octanol–water partition coefficient (Wildman–Crippen LogP) is 2.26. The second-order valence-electron chi connectivity index (χ2n) is 4.88. The third kappa shape index (κ3) is 3.22. The molecule has 0 fully saturated rings. The summed E-state index contributed by atoms with van der Waals surface area (Å²) in [5, 5.41) is 11.7. The van der Waals surface area contributed by atoms with E-state index in [1.54, 1.807) is 19.2 Å². The third-order valence-electron chi connectivity index (χ3n) is 2.28. The van der Waals surface area contributed by atoms with Gasteiger partial charge in [-0.1, -0.05) is 20.8 Å². The van der Waals surface area contributed by atoms with Crippen LogP contribution in [0.3, 0.4) is 0 Å². The number of pyridine rings is 1. The van der Waals surface area contributed by atoms with E-state index >= 15 is 0 Å². The lowest BCUT2D eigenvalue weighted by Crippen LogP contribution is -2.25. The molecule has 1 unspecified atom stereocenters. The number of nitrogens with zero attached hydrogens (tertiary/aromatic N) is 1. The highest BCUT2D eigenvalue weighted by molar-refractivity contribution is 5.76. The Kier molecular flexibility index (Phi) is 3.52. The molecule has 0 aromatic carbocycles. The highest BCUT2D eigenvalue weighted by Gasteiger charge is 2.16. The van der Waals surface area contributed by atoms with Crippen LogP contribution in [0.25, 0.3) is 0 Å². The molecule has 16 heavy (non-hydrogen) atoms. The Hall–Kier alpha value is -1.58. The van der Waals surface area contributed by atoms with E-state index in [0.29, 0.717) is 0 Å². The molecule has 1 rings (SSSR count). The van der Waals surface area contributed by atoms with Crippen molar-refractivity contribution < 1.29 is 9.90 Å². The number of anilines is 1. The standard InChI is InChI=1S/C12H18N2O2/c1-8(11(15)16)14-9-5-6-13-10(7-9)12(2,3)4/h5-8H,1-4H3,(H,13,14)(H,15,16). The Morgan fingerprint density at radius 3 is 2.62 bits per heavy atom. The number of carboxylic acid groups (broad SMARTS) is 1. The van der Waals surface area contributed by atoms with Crippen molar-refractivity contribution in [2.45, 2.75) is 39.2 Å². The molecule has 0 spiro atoms. The van der Waals surface area contributed by atoms with Gasteiger partial charge in [-0.3, -0.25) is 9.78 Å². The van der Waals surface area contributed by atoms with Crippen molar-refractivity contribution in [2.75, 3.05) is 5.32 Å². The van der Waals surface area contributed by atoms with Crippen LogP contribution in [0.15, 0.2) is 18.3 Å². The van der Waals surface area contributed by atoms with Crippen molar-refractivity contribution in [2.24, 2.45) is 0 Å². The summed E-state index contributed by atoms with van der Waals surface area (Å²) in [5.74, 6) is -0.867. The first kappa shape index (κ1) is 12.5. The molecule has 1 aromatic rings. The minimum Gasteiger partial charge on any atom is -0.480 e. The maximum Gasteiger partial charge on any atom is 0.325 e. The molecule has 0 amide bonds. The lowest BCUT2D eigenvalue weighted by Gasteiger charge is -2.19. The van der Waals surface area contributed by atoms with Gasteiger partial charge in [-0.05, 0) is 19.1 Å². The van der Waals surface area contributed by atoms with Crippen LogP contribution in [0.2, 0.25) is 0 Å². The molecule has 0 saturated heterocycles. The maximum atomic E-state index is 10.7. The summed E-state index contributed by atoms with van der Waals surface area (Å²) in [7, 11) is 0. The molecular weight excluding hydrogens is 204 g/mol. The van der Waals surface area contributed by atoms with Crippen molar-refractivity contribution >= 4 is 11.7 Å². The van der Waals surface area contributed by atoms with Crippen LogP contribution in [-0.2, 0) is 10.2 Å². The zero-order valence-corrected chi connectivity index (χ0v) is 10.1. The van der Waals surface area contributed by atoms with Crippen molar-refractivity contribution in [3.8, 4) is 0 Å². The van der Waals surface area contributed by atoms with Gasteiger partial charge in [-0.2, -0.15) is 0 Å². The summed E-state index contributed by atoms with van der Waals surface area (Å²) < 4.78 is 0. The number of nitrogens with one attached hydrogen (secondary N) is 1. The van der Waals surface area contributed by atoms with Crippen molar-refractivity contribution in [1.82, 2.24) is 4.98 Å². The Labute approximate surface area is 95.7 Å². The van der Waals surface area contributed by atoms with Crippen molar-refractivity contribution in [3.05, 3.63) is 24.0 Å². The molecule has 0 aliphatic carbocycles. The Balaban J connectivity index is 2.87. The lowest BCUT2D eigenvalue weighted by atomic mass is 9.91. The number of aromatic nitrogens is 1. The number of aliphatic carboxylic acids is 1. The number of carboxylic acids is 1. The number of hydrogen-bond acceptors (Lipinski definition) is 3. The zero-order chi connectivity index (χ0) is 12.3. The molecule has 1 aromatic heterocycles. The molecule has 4 heteroatoms. The van der Waals surface area contributed by atoms with Crippen LogP contribution in [0, 0.1) is 0 Å². The van der Waals surface area contributed by atoms with Gasteiger partial charge in [0, 0.05) is 23.0 Å². The molecule has 2 N–H and O–H groups in total. The molecule has 0 saturated carbocycles. The van der Waals surface area contributed by atoms with E-state index in [4.69, 9.17) is 5.11 Å². The highest BCUT2D eigenvalue weighted by atomic mass is 16.4. The minimum atomic E-state index is -0.867. The molecule has 1 heterocycles. The average molecular weight is 222 g/mol. The van der Waals surface area contributed by atoms with E-state index in [2.05, 4.69) is 31.1 Å². The van der Waals surface area contributed by atoms with E-state index < -0.39 is 12.0 Å². The average Bonchev–Trinajstić information content (AvgIpc) is 2.16. The van der Waals surface area contributed by atoms with Crippen LogP contribution in [0.4, 0.5) is 5.69 Å².